The lowest BCUT2D eigenvalue weighted by atomic mass is 10.1. The number of rotatable bonds is 3. The number of hydrogen-bond acceptors (Lipinski definition) is 5. The SMILES string of the molecule is c1cncc(-c2ccc3c(c2)oc2nc(-n4c5ccccc5c5cc6ccccc6cc54)c(-c4ccc5c(c4)sc4ccccc45)nc23)c1. The first kappa shape index (κ1) is 26.7. The highest BCUT2D eigenvalue weighted by atomic mass is 32.1. The van der Waals surface area contributed by atoms with Crippen molar-refractivity contribution in [3.8, 4) is 28.2 Å². The maximum atomic E-state index is 6.54. The van der Waals surface area contributed by atoms with Crippen molar-refractivity contribution in [2.75, 3.05) is 0 Å². The van der Waals surface area contributed by atoms with Gasteiger partial charge in [0.1, 0.15) is 16.8 Å². The summed E-state index contributed by atoms with van der Waals surface area (Å²) in [5.41, 5.74) is 8.02. The highest BCUT2D eigenvalue weighted by Crippen LogP contribution is 2.41. The molecule has 6 heteroatoms. The molecular formula is C43H24N4OS. The van der Waals surface area contributed by atoms with Gasteiger partial charge in [0.25, 0.3) is 0 Å². The van der Waals surface area contributed by atoms with Crippen LogP contribution in [0, 0.1) is 0 Å². The summed E-state index contributed by atoms with van der Waals surface area (Å²) in [4.78, 5) is 15.1. The van der Waals surface area contributed by atoms with Crippen molar-refractivity contribution in [1.82, 2.24) is 19.5 Å². The van der Waals surface area contributed by atoms with Crippen molar-refractivity contribution in [2.24, 2.45) is 0 Å². The van der Waals surface area contributed by atoms with Crippen molar-refractivity contribution in [2.45, 2.75) is 0 Å². The molecule has 0 saturated carbocycles. The first-order valence-corrected chi connectivity index (χ1v) is 17.1. The van der Waals surface area contributed by atoms with Crippen LogP contribution in [0.25, 0.3) is 103 Å². The van der Waals surface area contributed by atoms with Gasteiger partial charge in [-0.15, -0.1) is 11.3 Å². The van der Waals surface area contributed by atoms with Crippen LogP contribution in [-0.2, 0) is 0 Å². The molecule has 5 heterocycles. The number of para-hydroxylation sites is 1. The first-order valence-electron chi connectivity index (χ1n) is 16.3. The van der Waals surface area contributed by atoms with Crippen LogP contribution in [0.4, 0.5) is 0 Å². The van der Waals surface area contributed by atoms with Crippen LogP contribution in [0.1, 0.15) is 0 Å². The van der Waals surface area contributed by atoms with Gasteiger partial charge in [0.05, 0.1) is 11.0 Å². The number of nitrogens with zero attached hydrogens (tertiary/aromatic N) is 4. The van der Waals surface area contributed by atoms with Crippen molar-refractivity contribution in [1.29, 1.82) is 0 Å². The maximum Gasteiger partial charge on any atom is 0.248 e. The van der Waals surface area contributed by atoms with E-state index in [0.29, 0.717) is 5.71 Å². The van der Waals surface area contributed by atoms with E-state index in [1.807, 2.05) is 23.6 Å². The second kappa shape index (κ2) is 10.1. The average molecular weight is 645 g/mol. The highest BCUT2D eigenvalue weighted by molar-refractivity contribution is 7.25. The average Bonchev–Trinajstić information content (AvgIpc) is 3.81. The van der Waals surface area contributed by atoms with E-state index >= 15 is 0 Å². The third kappa shape index (κ3) is 3.95. The third-order valence-corrected chi connectivity index (χ3v) is 10.8. The standard InChI is InChI=1S/C43H24N4OS/c1-2-9-26-21-36-34(20-25(26)8-1)30-11-3-5-13-35(30)47(36)42-40(28-16-17-32-31-12-4-6-14-38(31)49-39(32)23-28)45-41-33-18-15-27(29-10-7-19-44-24-29)22-37(33)48-43(41)46-42/h1-24H. The Kier molecular flexibility index (Phi) is 5.48. The second-order valence-corrected chi connectivity index (χ2v) is 13.6. The van der Waals surface area contributed by atoms with Crippen LogP contribution in [0.2, 0.25) is 0 Å². The van der Waals surface area contributed by atoms with E-state index in [0.717, 1.165) is 55.7 Å². The van der Waals surface area contributed by atoms with Crippen molar-refractivity contribution in [3.05, 3.63) is 146 Å². The van der Waals surface area contributed by atoms with Crippen LogP contribution in [-0.4, -0.2) is 19.5 Å². The summed E-state index contributed by atoms with van der Waals surface area (Å²) in [6.45, 7) is 0. The summed E-state index contributed by atoms with van der Waals surface area (Å²) in [6, 6.07) is 47.2. The zero-order valence-corrected chi connectivity index (χ0v) is 26.8. The minimum absolute atomic E-state index is 0.506. The Morgan fingerprint density at radius 2 is 1.31 bits per heavy atom. The molecule has 0 atom stereocenters. The third-order valence-electron chi connectivity index (χ3n) is 9.69. The monoisotopic (exact) mass is 644 g/mol. The molecule has 5 aromatic heterocycles. The molecule has 0 unspecified atom stereocenters. The van der Waals surface area contributed by atoms with Crippen molar-refractivity contribution >= 4 is 86.3 Å². The van der Waals surface area contributed by atoms with Crippen LogP contribution < -0.4 is 0 Å². The summed E-state index contributed by atoms with van der Waals surface area (Å²) in [7, 11) is 0. The molecule has 49 heavy (non-hydrogen) atoms. The number of pyridine rings is 1. The van der Waals surface area contributed by atoms with Gasteiger partial charge in [-0.3, -0.25) is 9.55 Å². The number of furan rings is 1. The molecule has 11 rings (SSSR count). The fraction of sp³-hybridized carbons (Fsp3) is 0. The number of hydrogen-bond donors (Lipinski definition) is 0. The predicted octanol–water partition coefficient (Wildman–Crippen LogP) is 11.7. The Bertz CT molecular complexity index is 3120. The normalized spacial score (nSPS) is 12.1. The van der Waals surface area contributed by atoms with Crippen LogP contribution >= 0.6 is 11.3 Å². The maximum absolute atomic E-state index is 6.54. The molecule has 0 spiro atoms. The van der Waals surface area contributed by atoms with Gasteiger partial charge in [0.2, 0.25) is 5.71 Å². The van der Waals surface area contributed by atoms with Gasteiger partial charge in [-0.2, -0.15) is 4.98 Å². The topological polar surface area (TPSA) is 56.7 Å². The molecule has 0 saturated heterocycles. The molecule has 11 aromatic rings. The van der Waals surface area contributed by atoms with Gasteiger partial charge in [-0.05, 0) is 64.9 Å². The van der Waals surface area contributed by atoms with Gasteiger partial charge < -0.3 is 4.42 Å². The van der Waals surface area contributed by atoms with Gasteiger partial charge >= 0.3 is 0 Å². The first-order chi connectivity index (χ1) is 24.3. The molecule has 0 N–H and O–H groups in total. The van der Waals surface area contributed by atoms with E-state index in [1.165, 1.54) is 41.7 Å². The van der Waals surface area contributed by atoms with Crippen molar-refractivity contribution < 1.29 is 4.42 Å². The molecule has 5 nitrogen and oxygen atoms in total. The second-order valence-electron chi connectivity index (χ2n) is 12.5. The molecule has 0 amide bonds. The Morgan fingerprint density at radius 3 is 2.20 bits per heavy atom. The van der Waals surface area contributed by atoms with Gasteiger partial charge in [0.15, 0.2) is 5.82 Å². The molecule has 228 valence electrons. The minimum atomic E-state index is 0.506. The summed E-state index contributed by atoms with van der Waals surface area (Å²) >= 11 is 1.81. The number of benzene rings is 6. The summed E-state index contributed by atoms with van der Waals surface area (Å²) < 4.78 is 11.3. The molecule has 0 bridgehead atoms. The van der Waals surface area contributed by atoms with Gasteiger partial charge in [-0.25, -0.2) is 4.98 Å². The quantitative estimate of drug-likeness (QED) is 0.192. The van der Waals surface area contributed by atoms with E-state index in [-0.39, 0.29) is 0 Å². The lowest BCUT2D eigenvalue weighted by Gasteiger charge is -2.13. The van der Waals surface area contributed by atoms with Crippen LogP contribution in [0.5, 0.6) is 0 Å². The molecule has 0 fully saturated rings. The van der Waals surface area contributed by atoms with Crippen molar-refractivity contribution in [3.63, 3.8) is 0 Å². The largest absolute Gasteiger partial charge is 0.436 e. The Labute approximate surface area is 283 Å². The van der Waals surface area contributed by atoms with E-state index in [4.69, 9.17) is 14.4 Å². The lowest BCUT2D eigenvalue weighted by Crippen LogP contribution is -2.03. The van der Waals surface area contributed by atoms with E-state index < -0.39 is 0 Å². The summed E-state index contributed by atoms with van der Waals surface area (Å²) in [5.74, 6) is 0.737. The molecule has 0 aliphatic rings. The summed E-state index contributed by atoms with van der Waals surface area (Å²) in [6.07, 6.45) is 3.65. The Hall–Kier alpha value is -6.37. The molecule has 0 aliphatic carbocycles. The van der Waals surface area contributed by atoms with Crippen LogP contribution in [0.15, 0.2) is 150 Å². The number of fused-ring (bicyclic) bond motifs is 10. The Balaban J connectivity index is 1.24. The highest BCUT2D eigenvalue weighted by Gasteiger charge is 2.23. The zero-order chi connectivity index (χ0) is 32.1. The molecule has 0 aliphatic heterocycles. The molecule has 0 radical (unpaired) electrons. The van der Waals surface area contributed by atoms with Crippen LogP contribution in [0.3, 0.4) is 0 Å². The number of thiophene rings is 1. The lowest BCUT2D eigenvalue weighted by molar-refractivity contribution is 0.652. The van der Waals surface area contributed by atoms with E-state index in [2.05, 4.69) is 137 Å². The fourth-order valence-corrected chi connectivity index (χ4v) is 8.53. The predicted molar refractivity (Wildman–Crippen MR) is 203 cm³/mol. The van der Waals surface area contributed by atoms with E-state index in [1.54, 1.807) is 6.20 Å². The number of aromatic nitrogens is 4. The Morgan fingerprint density at radius 1 is 0.531 bits per heavy atom. The van der Waals surface area contributed by atoms with Gasteiger partial charge in [-0.1, -0.05) is 84.9 Å². The summed E-state index contributed by atoms with van der Waals surface area (Å²) in [5, 5.41) is 8.17. The zero-order valence-electron chi connectivity index (χ0n) is 26.0. The minimum Gasteiger partial charge on any atom is -0.436 e. The smallest absolute Gasteiger partial charge is 0.248 e. The fourth-order valence-electron chi connectivity index (χ4n) is 7.38. The molecule has 6 aromatic carbocycles. The van der Waals surface area contributed by atoms with E-state index in [9.17, 15) is 0 Å². The van der Waals surface area contributed by atoms with Gasteiger partial charge in [0, 0.05) is 59.9 Å². The molecular weight excluding hydrogens is 621 g/mol.